The Morgan fingerprint density at radius 2 is 2.21 bits per heavy atom. The molecule has 1 rings (SSSR count). The van der Waals surface area contributed by atoms with Gasteiger partial charge in [-0.1, -0.05) is 0 Å². The van der Waals surface area contributed by atoms with Gasteiger partial charge in [0.1, 0.15) is 11.5 Å². The minimum Gasteiger partial charge on any atom is -0.396 e. The molecule has 1 aromatic rings. The van der Waals surface area contributed by atoms with Crippen LogP contribution in [0.1, 0.15) is 13.3 Å². The van der Waals surface area contributed by atoms with Crippen molar-refractivity contribution in [3.05, 3.63) is 20.8 Å². The molecule has 5 N–H and O–H groups in total. The molecule has 1 heterocycles. The van der Waals surface area contributed by atoms with Crippen molar-refractivity contribution < 1.29 is 9.84 Å². The maximum Gasteiger partial charge on any atom is 0.330 e. The van der Waals surface area contributed by atoms with Crippen molar-refractivity contribution in [1.29, 1.82) is 0 Å². The molecule has 0 aliphatic rings. The Kier molecular flexibility index (Phi) is 5.58. The van der Waals surface area contributed by atoms with Crippen molar-refractivity contribution in [2.24, 2.45) is 0 Å². The van der Waals surface area contributed by atoms with Crippen molar-refractivity contribution in [2.45, 2.75) is 25.9 Å². The van der Waals surface area contributed by atoms with E-state index >= 15 is 0 Å². The molecule has 0 saturated heterocycles. The highest BCUT2D eigenvalue weighted by Crippen LogP contribution is 2.12. The van der Waals surface area contributed by atoms with Gasteiger partial charge in [-0.3, -0.25) is 14.3 Å². The second kappa shape index (κ2) is 6.95. The highest BCUT2D eigenvalue weighted by atomic mass is 16.5. The average molecular weight is 272 g/mol. The number of hydrogen-bond acceptors (Lipinski definition) is 6. The average Bonchev–Trinajstić information content (AvgIpc) is 2.34. The first-order chi connectivity index (χ1) is 9.01. The molecule has 108 valence electrons. The lowest BCUT2D eigenvalue weighted by Gasteiger charge is -2.17. The lowest BCUT2D eigenvalue weighted by molar-refractivity contribution is 0.186. The molecule has 0 radical (unpaired) electrons. The van der Waals surface area contributed by atoms with Crippen molar-refractivity contribution >= 4 is 11.5 Å². The number of aliphatic hydroxyl groups is 1. The molecule has 1 atom stereocenters. The Morgan fingerprint density at radius 1 is 1.53 bits per heavy atom. The first kappa shape index (κ1) is 15.3. The molecule has 1 aromatic heterocycles. The molecule has 0 aromatic carbocycles. The standard InChI is InChI=1S/C11H20N4O4/c1-7(3-5-16)13-8-9(12)15(4-6-19-2)11(18)14-10(8)17/h7,13,16H,3-6,12H2,1-2H3,(H,14,17,18). The smallest absolute Gasteiger partial charge is 0.330 e. The number of methoxy groups -OCH3 is 1. The summed E-state index contributed by atoms with van der Waals surface area (Å²) < 4.78 is 6.12. The number of aromatic amines is 1. The van der Waals surface area contributed by atoms with Crippen LogP contribution in [0.3, 0.4) is 0 Å². The summed E-state index contributed by atoms with van der Waals surface area (Å²) in [6, 6.07) is -0.137. The van der Waals surface area contributed by atoms with Crippen molar-refractivity contribution in [3.63, 3.8) is 0 Å². The summed E-state index contributed by atoms with van der Waals surface area (Å²) in [5, 5.41) is 11.7. The zero-order valence-corrected chi connectivity index (χ0v) is 11.1. The number of aromatic nitrogens is 2. The number of nitrogens with zero attached hydrogens (tertiary/aromatic N) is 1. The van der Waals surface area contributed by atoms with Crippen LogP contribution in [-0.4, -0.2) is 41.0 Å². The van der Waals surface area contributed by atoms with E-state index in [9.17, 15) is 9.59 Å². The minimum atomic E-state index is -0.570. The number of ether oxygens (including phenoxy) is 1. The number of nitrogens with two attached hydrogens (primary N) is 1. The Bertz CT molecular complexity index is 522. The van der Waals surface area contributed by atoms with Gasteiger partial charge in [0.05, 0.1) is 13.2 Å². The van der Waals surface area contributed by atoms with Gasteiger partial charge in [-0.05, 0) is 13.3 Å². The lowest BCUT2D eigenvalue weighted by Crippen LogP contribution is -2.36. The third-order valence-corrected chi connectivity index (χ3v) is 2.71. The zero-order valence-electron chi connectivity index (χ0n) is 11.1. The van der Waals surface area contributed by atoms with E-state index in [1.54, 1.807) is 6.92 Å². The molecule has 0 bridgehead atoms. The predicted octanol–water partition coefficient (Wildman–Crippen LogP) is -1.05. The molecular weight excluding hydrogens is 252 g/mol. The highest BCUT2D eigenvalue weighted by molar-refractivity contribution is 5.60. The number of aliphatic hydroxyl groups excluding tert-OH is 1. The number of hydrogen-bond donors (Lipinski definition) is 4. The Morgan fingerprint density at radius 3 is 2.79 bits per heavy atom. The third kappa shape index (κ3) is 3.83. The first-order valence-corrected chi connectivity index (χ1v) is 6.00. The summed E-state index contributed by atoms with van der Waals surface area (Å²) in [5.74, 6) is 0.0654. The maximum absolute atomic E-state index is 11.7. The van der Waals surface area contributed by atoms with E-state index in [4.69, 9.17) is 15.6 Å². The summed E-state index contributed by atoms with van der Waals surface area (Å²) >= 11 is 0. The number of nitrogens with one attached hydrogen (secondary N) is 2. The predicted molar refractivity (Wildman–Crippen MR) is 72.4 cm³/mol. The van der Waals surface area contributed by atoms with Crippen molar-refractivity contribution in [2.75, 3.05) is 31.4 Å². The molecule has 0 amide bonds. The first-order valence-electron chi connectivity index (χ1n) is 6.00. The quantitative estimate of drug-likeness (QED) is 0.502. The fourth-order valence-corrected chi connectivity index (χ4v) is 1.64. The minimum absolute atomic E-state index is 0.00467. The van der Waals surface area contributed by atoms with E-state index < -0.39 is 11.2 Å². The molecule has 0 saturated carbocycles. The fraction of sp³-hybridized carbons (Fsp3) is 0.636. The van der Waals surface area contributed by atoms with E-state index in [0.717, 1.165) is 0 Å². The van der Waals surface area contributed by atoms with E-state index in [-0.39, 0.29) is 30.7 Å². The Balaban J connectivity index is 3.10. The molecule has 0 aliphatic carbocycles. The van der Waals surface area contributed by atoms with Gasteiger partial charge in [0.15, 0.2) is 0 Å². The molecule has 0 aliphatic heterocycles. The second-order valence-electron chi connectivity index (χ2n) is 4.22. The van der Waals surface area contributed by atoms with Crippen molar-refractivity contribution in [3.8, 4) is 0 Å². The van der Waals surface area contributed by atoms with Crippen LogP contribution in [0, 0.1) is 0 Å². The van der Waals surface area contributed by atoms with E-state index in [1.165, 1.54) is 11.7 Å². The van der Waals surface area contributed by atoms with Gasteiger partial charge < -0.3 is 20.9 Å². The fourth-order valence-electron chi connectivity index (χ4n) is 1.64. The van der Waals surface area contributed by atoms with E-state index in [0.29, 0.717) is 13.0 Å². The number of anilines is 2. The summed E-state index contributed by atoms with van der Waals surface area (Å²) in [6.45, 7) is 2.36. The van der Waals surface area contributed by atoms with Crippen LogP contribution in [0.15, 0.2) is 9.59 Å². The van der Waals surface area contributed by atoms with Crippen LogP contribution >= 0.6 is 0 Å². The van der Waals surface area contributed by atoms with Crippen LogP contribution in [-0.2, 0) is 11.3 Å². The van der Waals surface area contributed by atoms with Crippen LogP contribution in [0.2, 0.25) is 0 Å². The summed E-state index contributed by atoms with van der Waals surface area (Å²) in [6.07, 6.45) is 0.468. The van der Waals surface area contributed by atoms with Crippen LogP contribution in [0.4, 0.5) is 11.5 Å². The number of nitrogen functional groups attached to an aromatic ring is 1. The summed E-state index contributed by atoms with van der Waals surface area (Å²) in [7, 11) is 1.51. The largest absolute Gasteiger partial charge is 0.396 e. The SMILES string of the molecule is COCCn1c(N)c(NC(C)CCO)c(=O)[nH]c1=O. The Hall–Kier alpha value is -1.80. The summed E-state index contributed by atoms with van der Waals surface area (Å²) in [5.41, 5.74) is 4.83. The number of rotatable bonds is 7. The molecule has 1 unspecified atom stereocenters. The molecule has 8 heteroatoms. The van der Waals surface area contributed by atoms with Crippen LogP contribution in [0.25, 0.3) is 0 Å². The van der Waals surface area contributed by atoms with Crippen LogP contribution < -0.4 is 22.3 Å². The van der Waals surface area contributed by atoms with Gasteiger partial charge in [-0.15, -0.1) is 0 Å². The van der Waals surface area contributed by atoms with Gasteiger partial charge in [0.2, 0.25) is 0 Å². The van der Waals surface area contributed by atoms with Crippen LogP contribution in [0.5, 0.6) is 0 Å². The third-order valence-electron chi connectivity index (χ3n) is 2.71. The van der Waals surface area contributed by atoms with Gasteiger partial charge in [-0.2, -0.15) is 0 Å². The Labute approximate surface area is 110 Å². The molecular formula is C11H20N4O4. The molecule has 8 nitrogen and oxygen atoms in total. The molecule has 0 spiro atoms. The normalized spacial score (nSPS) is 12.4. The maximum atomic E-state index is 11.7. The zero-order chi connectivity index (χ0) is 14.4. The lowest BCUT2D eigenvalue weighted by atomic mass is 10.2. The molecule has 0 fully saturated rings. The summed E-state index contributed by atoms with van der Waals surface area (Å²) in [4.78, 5) is 25.6. The van der Waals surface area contributed by atoms with Gasteiger partial charge >= 0.3 is 5.69 Å². The van der Waals surface area contributed by atoms with Crippen molar-refractivity contribution in [1.82, 2.24) is 9.55 Å². The van der Waals surface area contributed by atoms with E-state index in [2.05, 4.69) is 10.3 Å². The second-order valence-corrected chi connectivity index (χ2v) is 4.22. The van der Waals surface area contributed by atoms with Gasteiger partial charge in [0, 0.05) is 19.8 Å². The number of H-pyrrole nitrogens is 1. The monoisotopic (exact) mass is 272 g/mol. The topological polar surface area (TPSA) is 122 Å². The van der Waals surface area contributed by atoms with E-state index in [1.807, 2.05) is 0 Å². The van der Waals surface area contributed by atoms with Gasteiger partial charge in [0.25, 0.3) is 5.56 Å². The van der Waals surface area contributed by atoms with Gasteiger partial charge in [-0.25, -0.2) is 4.79 Å². The molecule has 19 heavy (non-hydrogen) atoms. The highest BCUT2D eigenvalue weighted by Gasteiger charge is 2.13.